The van der Waals surface area contributed by atoms with Gasteiger partial charge in [-0.1, -0.05) is 26.2 Å². The van der Waals surface area contributed by atoms with Gasteiger partial charge in [-0.25, -0.2) is 0 Å². The highest BCUT2D eigenvalue weighted by Gasteiger charge is 2.44. The van der Waals surface area contributed by atoms with Crippen molar-refractivity contribution in [3.8, 4) is 0 Å². The summed E-state index contributed by atoms with van der Waals surface area (Å²) in [7, 11) is 1.95. The van der Waals surface area contributed by atoms with E-state index in [-0.39, 0.29) is 12.1 Å². The topological polar surface area (TPSA) is 41.5 Å². The lowest BCUT2D eigenvalue weighted by Crippen LogP contribution is -2.53. The zero-order chi connectivity index (χ0) is 13.0. The van der Waals surface area contributed by atoms with Gasteiger partial charge in [-0.05, 0) is 44.6 Å². The average molecular weight is 255 g/mol. The fraction of sp³-hybridized carbons (Fsp3) is 1.00. The molecule has 3 heteroatoms. The maximum absolute atomic E-state index is 9.70. The van der Waals surface area contributed by atoms with Crippen LogP contribution in [0.2, 0.25) is 0 Å². The van der Waals surface area contributed by atoms with Crippen LogP contribution in [-0.2, 0) is 4.74 Å². The van der Waals surface area contributed by atoms with Crippen molar-refractivity contribution < 1.29 is 9.84 Å². The zero-order valence-corrected chi connectivity index (χ0v) is 12.0. The molecule has 0 amide bonds. The molecule has 2 aliphatic rings. The highest BCUT2D eigenvalue weighted by molar-refractivity contribution is 5.00. The van der Waals surface area contributed by atoms with Gasteiger partial charge in [0.05, 0.1) is 24.9 Å². The van der Waals surface area contributed by atoms with Gasteiger partial charge < -0.3 is 15.2 Å². The summed E-state index contributed by atoms with van der Waals surface area (Å²) < 4.78 is 6.21. The molecule has 2 N–H and O–H groups in total. The first-order chi connectivity index (χ1) is 8.75. The largest absolute Gasteiger partial charge is 0.394 e. The van der Waals surface area contributed by atoms with Crippen molar-refractivity contribution in [2.75, 3.05) is 20.3 Å². The Morgan fingerprint density at radius 2 is 1.94 bits per heavy atom. The first-order valence-corrected chi connectivity index (χ1v) is 7.67. The highest BCUT2D eigenvalue weighted by atomic mass is 16.5. The van der Waals surface area contributed by atoms with Crippen LogP contribution >= 0.6 is 0 Å². The molecule has 18 heavy (non-hydrogen) atoms. The van der Waals surface area contributed by atoms with Gasteiger partial charge in [0.2, 0.25) is 0 Å². The number of rotatable bonds is 7. The Kier molecular flexibility index (Phi) is 5.05. The SMILES string of the molecule is CCC1CCCCC1OCC(CO)(NC)C1CC1. The summed E-state index contributed by atoms with van der Waals surface area (Å²) in [4.78, 5) is 0. The standard InChI is InChI=1S/C15H29NO2/c1-3-12-6-4-5-7-14(12)18-11-15(10-17,16-2)13-8-9-13/h12-14,16-17H,3-11H2,1-2H3. The quantitative estimate of drug-likeness (QED) is 0.733. The fourth-order valence-electron chi connectivity index (χ4n) is 3.40. The summed E-state index contributed by atoms with van der Waals surface area (Å²) in [5.74, 6) is 1.34. The monoisotopic (exact) mass is 255 g/mol. The molecule has 3 unspecified atom stereocenters. The molecular weight excluding hydrogens is 226 g/mol. The number of nitrogens with one attached hydrogen (secondary N) is 1. The van der Waals surface area contributed by atoms with Crippen molar-refractivity contribution >= 4 is 0 Å². The van der Waals surface area contributed by atoms with Crippen LogP contribution in [0.5, 0.6) is 0 Å². The average Bonchev–Trinajstić information content (AvgIpc) is 3.26. The summed E-state index contributed by atoms with van der Waals surface area (Å²) in [5, 5.41) is 13.0. The van der Waals surface area contributed by atoms with Gasteiger partial charge in [-0.2, -0.15) is 0 Å². The summed E-state index contributed by atoms with van der Waals surface area (Å²) in [6.07, 6.45) is 9.28. The molecule has 0 aromatic heterocycles. The minimum atomic E-state index is -0.185. The van der Waals surface area contributed by atoms with Crippen molar-refractivity contribution in [3.63, 3.8) is 0 Å². The van der Waals surface area contributed by atoms with Crippen molar-refractivity contribution in [2.24, 2.45) is 11.8 Å². The van der Waals surface area contributed by atoms with Gasteiger partial charge in [0.1, 0.15) is 0 Å². The Bertz CT molecular complexity index is 249. The van der Waals surface area contributed by atoms with E-state index in [1.165, 1.54) is 44.9 Å². The third-order valence-corrected chi connectivity index (χ3v) is 5.06. The molecule has 0 aromatic carbocycles. The Labute approximate surface area is 111 Å². The lowest BCUT2D eigenvalue weighted by Gasteiger charge is -2.37. The molecular formula is C15H29NO2. The maximum Gasteiger partial charge on any atom is 0.0677 e. The molecule has 3 nitrogen and oxygen atoms in total. The molecule has 0 saturated heterocycles. The molecule has 0 aliphatic heterocycles. The van der Waals surface area contributed by atoms with Crippen LogP contribution in [0, 0.1) is 11.8 Å². The van der Waals surface area contributed by atoms with E-state index in [0.29, 0.717) is 18.6 Å². The summed E-state index contributed by atoms with van der Waals surface area (Å²) in [6, 6.07) is 0. The molecule has 2 rings (SSSR count). The number of aliphatic hydroxyl groups is 1. The van der Waals surface area contributed by atoms with Crippen molar-refractivity contribution in [1.82, 2.24) is 5.32 Å². The molecule has 3 atom stereocenters. The van der Waals surface area contributed by atoms with Crippen LogP contribution in [0.1, 0.15) is 51.9 Å². The predicted octanol–water partition coefficient (Wildman–Crippen LogP) is 2.33. The maximum atomic E-state index is 9.70. The first-order valence-electron chi connectivity index (χ1n) is 7.67. The van der Waals surface area contributed by atoms with Crippen LogP contribution in [0.15, 0.2) is 0 Å². The van der Waals surface area contributed by atoms with Crippen LogP contribution in [0.4, 0.5) is 0 Å². The van der Waals surface area contributed by atoms with E-state index in [1.54, 1.807) is 0 Å². The molecule has 106 valence electrons. The van der Waals surface area contributed by atoms with Gasteiger partial charge in [-0.15, -0.1) is 0 Å². The van der Waals surface area contributed by atoms with E-state index in [2.05, 4.69) is 12.2 Å². The number of aliphatic hydroxyl groups excluding tert-OH is 1. The Morgan fingerprint density at radius 3 is 2.50 bits per heavy atom. The van der Waals surface area contributed by atoms with E-state index in [0.717, 1.165) is 5.92 Å². The normalized spacial score (nSPS) is 32.2. The van der Waals surface area contributed by atoms with Crippen LogP contribution in [-0.4, -0.2) is 37.0 Å². The Morgan fingerprint density at radius 1 is 1.22 bits per heavy atom. The van der Waals surface area contributed by atoms with Gasteiger partial charge in [0.15, 0.2) is 0 Å². The second-order valence-corrected chi connectivity index (χ2v) is 6.14. The summed E-state index contributed by atoms with van der Waals surface area (Å²) >= 11 is 0. The lowest BCUT2D eigenvalue weighted by atomic mass is 9.84. The smallest absolute Gasteiger partial charge is 0.0677 e. The number of hydrogen-bond acceptors (Lipinski definition) is 3. The van der Waals surface area contributed by atoms with Gasteiger partial charge in [0, 0.05) is 0 Å². The molecule has 0 spiro atoms. The molecule has 0 radical (unpaired) electrons. The van der Waals surface area contributed by atoms with Crippen LogP contribution in [0.25, 0.3) is 0 Å². The van der Waals surface area contributed by atoms with E-state index >= 15 is 0 Å². The van der Waals surface area contributed by atoms with Gasteiger partial charge in [-0.3, -0.25) is 0 Å². The van der Waals surface area contributed by atoms with Gasteiger partial charge in [0.25, 0.3) is 0 Å². The lowest BCUT2D eigenvalue weighted by molar-refractivity contribution is -0.0549. The molecule has 0 aromatic rings. The van der Waals surface area contributed by atoms with E-state index in [1.807, 2.05) is 7.05 Å². The second kappa shape index (κ2) is 6.36. The summed E-state index contributed by atoms with van der Waals surface area (Å²) in [5.41, 5.74) is -0.185. The molecule has 2 saturated carbocycles. The minimum absolute atomic E-state index is 0.185. The minimum Gasteiger partial charge on any atom is -0.394 e. The first kappa shape index (κ1) is 14.3. The summed E-state index contributed by atoms with van der Waals surface area (Å²) in [6.45, 7) is 3.13. The number of hydrogen-bond donors (Lipinski definition) is 2. The van der Waals surface area contributed by atoms with Crippen LogP contribution in [0.3, 0.4) is 0 Å². The Balaban J connectivity index is 1.88. The highest BCUT2D eigenvalue weighted by Crippen LogP contribution is 2.40. The third-order valence-electron chi connectivity index (χ3n) is 5.06. The van der Waals surface area contributed by atoms with Gasteiger partial charge >= 0.3 is 0 Å². The second-order valence-electron chi connectivity index (χ2n) is 6.14. The van der Waals surface area contributed by atoms with Crippen molar-refractivity contribution in [1.29, 1.82) is 0 Å². The predicted molar refractivity (Wildman–Crippen MR) is 73.6 cm³/mol. The molecule has 2 aliphatic carbocycles. The number of ether oxygens (including phenoxy) is 1. The van der Waals surface area contributed by atoms with Crippen molar-refractivity contribution in [2.45, 2.75) is 63.5 Å². The van der Waals surface area contributed by atoms with E-state index < -0.39 is 0 Å². The van der Waals surface area contributed by atoms with E-state index in [4.69, 9.17) is 4.74 Å². The van der Waals surface area contributed by atoms with E-state index in [9.17, 15) is 5.11 Å². The third kappa shape index (κ3) is 3.06. The molecule has 0 heterocycles. The Hall–Kier alpha value is -0.120. The fourth-order valence-corrected chi connectivity index (χ4v) is 3.40. The molecule has 0 bridgehead atoms. The van der Waals surface area contributed by atoms with Crippen molar-refractivity contribution in [3.05, 3.63) is 0 Å². The zero-order valence-electron chi connectivity index (χ0n) is 12.0. The molecule has 2 fully saturated rings. The number of likely N-dealkylation sites (N-methyl/N-ethyl adjacent to an activating group) is 1. The van der Waals surface area contributed by atoms with Crippen LogP contribution < -0.4 is 5.32 Å².